The number of anilines is 1. The Balaban J connectivity index is 1.36. The van der Waals surface area contributed by atoms with E-state index in [0.29, 0.717) is 56.4 Å². The zero-order valence-corrected chi connectivity index (χ0v) is 22.2. The highest BCUT2D eigenvalue weighted by Gasteiger charge is 2.33. The van der Waals surface area contributed by atoms with E-state index in [0.717, 1.165) is 39.2 Å². The zero-order chi connectivity index (χ0) is 26.1. The molecule has 3 heterocycles. The van der Waals surface area contributed by atoms with E-state index >= 15 is 0 Å². The molecule has 2 aliphatic heterocycles. The first-order chi connectivity index (χ1) is 18.5. The topological polar surface area (TPSA) is 84.9 Å². The molecule has 38 heavy (non-hydrogen) atoms. The summed E-state index contributed by atoms with van der Waals surface area (Å²) in [7, 11) is -2.03. The van der Waals surface area contributed by atoms with Gasteiger partial charge in [0.1, 0.15) is 17.4 Å². The summed E-state index contributed by atoms with van der Waals surface area (Å²) in [6.45, 7) is 3.24. The Kier molecular flexibility index (Phi) is 6.73. The van der Waals surface area contributed by atoms with Crippen LogP contribution in [-0.2, 0) is 34.1 Å². The summed E-state index contributed by atoms with van der Waals surface area (Å²) in [5.74, 6) is 2.32. The van der Waals surface area contributed by atoms with Crippen molar-refractivity contribution in [1.82, 2.24) is 14.3 Å². The maximum Gasteiger partial charge on any atom is 0.243 e. The van der Waals surface area contributed by atoms with Crippen LogP contribution in [0.3, 0.4) is 0 Å². The third-order valence-electron chi connectivity index (χ3n) is 7.26. The molecule has 0 aliphatic carbocycles. The van der Waals surface area contributed by atoms with Gasteiger partial charge in [-0.25, -0.2) is 18.4 Å². The number of para-hydroxylation sites is 1. The summed E-state index contributed by atoms with van der Waals surface area (Å²) in [6, 6.07) is 21.0. The third-order valence-corrected chi connectivity index (χ3v) is 9.10. The lowest BCUT2D eigenvalue weighted by molar-refractivity contribution is 0.122. The molecule has 8 nitrogen and oxygen atoms in total. The molecule has 1 aromatic heterocycles. The predicted octanol–water partition coefficient (Wildman–Crippen LogP) is 3.81. The Morgan fingerprint density at radius 1 is 0.921 bits per heavy atom. The number of sulfonamides is 1. The van der Waals surface area contributed by atoms with Gasteiger partial charge in [0.2, 0.25) is 10.0 Å². The highest BCUT2D eigenvalue weighted by atomic mass is 32.2. The Morgan fingerprint density at radius 2 is 1.68 bits per heavy atom. The van der Waals surface area contributed by atoms with E-state index in [9.17, 15) is 8.42 Å². The van der Waals surface area contributed by atoms with E-state index < -0.39 is 10.0 Å². The van der Waals surface area contributed by atoms with Gasteiger partial charge in [-0.15, -0.1) is 0 Å². The van der Waals surface area contributed by atoms with E-state index in [1.807, 2.05) is 54.6 Å². The monoisotopic (exact) mass is 530 g/mol. The first kappa shape index (κ1) is 24.8. The van der Waals surface area contributed by atoms with Crippen molar-refractivity contribution in [1.29, 1.82) is 0 Å². The van der Waals surface area contributed by atoms with E-state index in [4.69, 9.17) is 19.4 Å². The smallest absolute Gasteiger partial charge is 0.243 e. The predicted molar refractivity (Wildman–Crippen MR) is 146 cm³/mol. The molecule has 0 N–H and O–H groups in total. The van der Waals surface area contributed by atoms with Crippen LogP contribution in [0.5, 0.6) is 5.75 Å². The second-order valence-corrected chi connectivity index (χ2v) is 11.5. The highest BCUT2D eigenvalue weighted by molar-refractivity contribution is 7.89. The van der Waals surface area contributed by atoms with Crippen molar-refractivity contribution in [2.45, 2.75) is 24.3 Å². The Labute approximate surface area is 222 Å². The Bertz CT molecular complexity index is 1590. The summed E-state index contributed by atoms with van der Waals surface area (Å²) < 4.78 is 40.2. The molecule has 2 aliphatic rings. The molecule has 1 fully saturated rings. The largest absolute Gasteiger partial charge is 0.496 e. The summed E-state index contributed by atoms with van der Waals surface area (Å²) >= 11 is 0. The van der Waals surface area contributed by atoms with Crippen LogP contribution < -0.4 is 9.64 Å². The van der Waals surface area contributed by atoms with Crippen molar-refractivity contribution in [3.05, 3.63) is 89.4 Å². The maximum absolute atomic E-state index is 13.7. The lowest BCUT2D eigenvalue weighted by Crippen LogP contribution is -2.41. The SMILES string of the molecule is COc1ccccc1Cc1nc2c(c(N3CCOCC3)n1)CN(S(=O)(=O)c1ccc3ccccc3c1)CC2. The lowest BCUT2D eigenvalue weighted by Gasteiger charge is -2.34. The fourth-order valence-electron chi connectivity index (χ4n) is 5.24. The second-order valence-electron chi connectivity index (χ2n) is 9.57. The average Bonchev–Trinajstić information content (AvgIpc) is 2.97. The summed E-state index contributed by atoms with van der Waals surface area (Å²) in [5.41, 5.74) is 2.81. The number of morpholine rings is 1. The fourth-order valence-corrected chi connectivity index (χ4v) is 6.68. The van der Waals surface area contributed by atoms with Gasteiger partial charge in [-0.05, 0) is 29.0 Å². The fraction of sp³-hybridized carbons (Fsp3) is 0.310. The number of hydrogen-bond acceptors (Lipinski definition) is 7. The molecule has 0 amide bonds. The maximum atomic E-state index is 13.7. The first-order valence-electron chi connectivity index (χ1n) is 12.8. The van der Waals surface area contributed by atoms with Crippen molar-refractivity contribution in [2.75, 3.05) is 44.9 Å². The molecule has 0 bridgehead atoms. The van der Waals surface area contributed by atoms with Crippen LogP contribution in [0, 0.1) is 0 Å². The molecule has 0 saturated carbocycles. The van der Waals surface area contributed by atoms with Crippen LogP contribution in [0.15, 0.2) is 71.6 Å². The van der Waals surface area contributed by atoms with Gasteiger partial charge in [0.05, 0.1) is 30.9 Å². The minimum absolute atomic E-state index is 0.242. The van der Waals surface area contributed by atoms with Gasteiger partial charge >= 0.3 is 0 Å². The van der Waals surface area contributed by atoms with Crippen LogP contribution >= 0.6 is 0 Å². The third kappa shape index (κ3) is 4.73. The Hall–Kier alpha value is -3.53. The number of nitrogens with zero attached hydrogens (tertiary/aromatic N) is 4. The van der Waals surface area contributed by atoms with Gasteiger partial charge in [0, 0.05) is 50.1 Å². The molecular formula is C29H30N4O4S. The van der Waals surface area contributed by atoms with E-state index in [-0.39, 0.29) is 6.54 Å². The van der Waals surface area contributed by atoms with Crippen LogP contribution in [0.1, 0.15) is 22.6 Å². The van der Waals surface area contributed by atoms with Crippen molar-refractivity contribution in [3.8, 4) is 5.75 Å². The van der Waals surface area contributed by atoms with Gasteiger partial charge in [-0.1, -0.05) is 48.5 Å². The standard InChI is InChI=1S/C29H30N4O4S/c1-36-27-9-5-4-8-23(27)19-28-30-26-12-13-33(20-25(26)29(31-28)32-14-16-37-17-15-32)38(34,35)24-11-10-21-6-2-3-7-22(21)18-24/h2-11,18H,12-17,19-20H2,1H3. The molecule has 0 spiro atoms. The second kappa shape index (κ2) is 10.3. The molecule has 196 valence electrons. The van der Waals surface area contributed by atoms with Gasteiger partial charge in [0.15, 0.2) is 0 Å². The average molecular weight is 531 g/mol. The lowest BCUT2D eigenvalue weighted by atomic mass is 10.1. The number of aromatic nitrogens is 2. The molecule has 0 radical (unpaired) electrons. The summed E-state index contributed by atoms with van der Waals surface area (Å²) in [6.07, 6.45) is 1.06. The highest BCUT2D eigenvalue weighted by Crippen LogP contribution is 2.32. The number of ether oxygens (including phenoxy) is 2. The van der Waals surface area contributed by atoms with E-state index in [1.54, 1.807) is 23.5 Å². The van der Waals surface area contributed by atoms with Crippen LogP contribution in [0.2, 0.25) is 0 Å². The van der Waals surface area contributed by atoms with Crippen molar-refractivity contribution in [2.24, 2.45) is 0 Å². The van der Waals surface area contributed by atoms with Gasteiger partial charge in [-0.3, -0.25) is 0 Å². The van der Waals surface area contributed by atoms with Gasteiger partial charge in [0.25, 0.3) is 0 Å². The minimum atomic E-state index is -3.69. The summed E-state index contributed by atoms with van der Waals surface area (Å²) in [5, 5.41) is 1.92. The number of methoxy groups -OCH3 is 1. The molecule has 4 aromatic rings. The van der Waals surface area contributed by atoms with Gasteiger partial charge < -0.3 is 14.4 Å². The number of fused-ring (bicyclic) bond motifs is 2. The first-order valence-corrected chi connectivity index (χ1v) is 14.3. The molecule has 1 saturated heterocycles. The number of rotatable bonds is 6. The number of benzene rings is 3. The summed E-state index contributed by atoms with van der Waals surface area (Å²) in [4.78, 5) is 12.4. The quantitative estimate of drug-likeness (QED) is 0.375. The molecule has 3 aromatic carbocycles. The molecule has 0 unspecified atom stereocenters. The van der Waals surface area contributed by atoms with Crippen molar-refractivity contribution < 1.29 is 17.9 Å². The van der Waals surface area contributed by atoms with Gasteiger partial charge in [-0.2, -0.15) is 4.31 Å². The van der Waals surface area contributed by atoms with Crippen molar-refractivity contribution >= 4 is 26.6 Å². The molecular weight excluding hydrogens is 500 g/mol. The van der Waals surface area contributed by atoms with Crippen LogP contribution in [0.4, 0.5) is 5.82 Å². The zero-order valence-electron chi connectivity index (χ0n) is 21.3. The van der Waals surface area contributed by atoms with Crippen LogP contribution in [-0.4, -0.2) is 62.6 Å². The van der Waals surface area contributed by atoms with E-state index in [1.165, 1.54) is 0 Å². The molecule has 0 atom stereocenters. The van der Waals surface area contributed by atoms with Crippen LogP contribution in [0.25, 0.3) is 10.8 Å². The molecule has 9 heteroatoms. The normalized spacial score (nSPS) is 16.4. The van der Waals surface area contributed by atoms with E-state index in [2.05, 4.69) is 4.90 Å². The molecule has 6 rings (SSSR count). The Morgan fingerprint density at radius 3 is 2.50 bits per heavy atom. The minimum Gasteiger partial charge on any atom is -0.496 e. The van der Waals surface area contributed by atoms with Crippen molar-refractivity contribution in [3.63, 3.8) is 0 Å². The number of hydrogen-bond donors (Lipinski definition) is 0.